The Morgan fingerprint density at radius 2 is 2.17 bits per heavy atom. The van der Waals surface area contributed by atoms with Crippen molar-refractivity contribution >= 4 is 43.5 Å². The van der Waals surface area contributed by atoms with E-state index in [0.29, 0.717) is 10.2 Å². The third-order valence-electron chi connectivity index (χ3n) is 1.92. The van der Waals surface area contributed by atoms with Crippen LogP contribution in [0.5, 0.6) is 5.75 Å². The van der Waals surface area contributed by atoms with Crippen LogP contribution in [0, 0.1) is 10.1 Å². The van der Waals surface area contributed by atoms with Gasteiger partial charge in [-0.1, -0.05) is 31.9 Å². The van der Waals surface area contributed by atoms with E-state index in [4.69, 9.17) is 4.74 Å². The molecule has 0 aliphatic carbocycles. The molecular weight excluding hydrogens is 374 g/mol. The summed E-state index contributed by atoms with van der Waals surface area (Å²) in [5, 5.41) is 10.6. The zero-order chi connectivity index (χ0) is 13.7. The van der Waals surface area contributed by atoms with Crippen molar-refractivity contribution in [2.45, 2.75) is 4.83 Å². The van der Waals surface area contributed by atoms with Crippen molar-refractivity contribution in [3.8, 4) is 5.75 Å². The molecule has 8 heteroatoms. The summed E-state index contributed by atoms with van der Waals surface area (Å²) in [6.07, 6.45) is 0. The van der Waals surface area contributed by atoms with Crippen LogP contribution in [0.15, 0.2) is 22.7 Å². The molecule has 0 amide bonds. The fraction of sp³-hybridized carbons (Fsp3) is 0.300. The van der Waals surface area contributed by atoms with Crippen molar-refractivity contribution in [2.24, 2.45) is 0 Å². The van der Waals surface area contributed by atoms with Gasteiger partial charge in [-0.25, -0.2) is 0 Å². The summed E-state index contributed by atoms with van der Waals surface area (Å²) in [5.41, 5.74) is -0.0939. The first-order valence-corrected chi connectivity index (χ1v) is 6.44. The molecule has 98 valence electrons. The van der Waals surface area contributed by atoms with Gasteiger partial charge in [0.25, 0.3) is 5.69 Å². The Hall–Kier alpha value is -1.15. The largest absolute Gasteiger partial charge is 0.491 e. The summed E-state index contributed by atoms with van der Waals surface area (Å²) >= 11 is 6.22. The Morgan fingerprint density at radius 3 is 2.72 bits per heavy atom. The summed E-state index contributed by atoms with van der Waals surface area (Å²) in [7, 11) is 1.26. The molecule has 0 spiro atoms. The second-order valence-electron chi connectivity index (χ2n) is 3.20. The van der Waals surface area contributed by atoms with E-state index in [9.17, 15) is 14.9 Å². The van der Waals surface area contributed by atoms with Gasteiger partial charge in [-0.15, -0.1) is 0 Å². The smallest absolute Gasteiger partial charge is 0.322 e. The van der Waals surface area contributed by atoms with E-state index in [1.807, 2.05) is 0 Å². The Bertz CT molecular complexity index is 466. The molecule has 1 aromatic carbocycles. The van der Waals surface area contributed by atoms with Gasteiger partial charge in [-0.3, -0.25) is 14.9 Å². The van der Waals surface area contributed by atoms with Crippen LogP contribution < -0.4 is 4.74 Å². The van der Waals surface area contributed by atoms with Gasteiger partial charge in [0.15, 0.2) is 0 Å². The highest BCUT2D eigenvalue weighted by Crippen LogP contribution is 2.26. The number of carbonyl (C=O) groups excluding carboxylic acids is 1. The number of benzene rings is 1. The van der Waals surface area contributed by atoms with Gasteiger partial charge in [-0.05, 0) is 6.07 Å². The number of hydrogen-bond donors (Lipinski definition) is 0. The maximum atomic E-state index is 11.1. The maximum absolute atomic E-state index is 11.1. The maximum Gasteiger partial charge on any atom is 0.322 e. The lowest BCUT2D eigenvalue weighted by Crippen LogP contribution is -2.22. The summed E-state index contributed by atoms with van der Waals surface area (Å²) < 4.78 is 10.3. The highest BCUT2D eigenvalue weighted by atomic mass is 79.9. The van der Waals surface area contributed by atoms with E-state index in [1.54, 1.807) is 6.07 Å². The Balaban J connectivity index is 2.73. The SMILES string of the molecule is COC(=O)C(Br)COc1cc(Br)cc([N+](=O)[O-])c1. The number of halogens is 2. The van der Waals surface area contributed by atoms with E-state index in [0.717, 1.165) is 0 Å². The van der Waals surface area contributed by atoms with Gasteiger partial charge in [-0.2, -0.15) is 0 Å². The van der Waals surface area contributed by atoms with Crippen LogP contribution in [0.4, 0.5) is 5.69 Å². The van der Waals surface area contributed by atoms with Gasteiger partial charge in [0.05, 0.1) is 18.1 Å². The summed E-state index contributed by atoms with van der Waals surface area (Å²) in [5.74, 6) is -0.177. The second-order valence-corrected chi connectivity index (χ2v) is 5.22. The first-order valence-electron chi connectivity index (χ1n) is 4.73. The van der Waals surface area contributed by atoms with E-state index in [1.165, 1.54) is 19.2 Å². The van der Waals surface area contributed by atoms with Crippen molar-refractivity contribution < 1.29 is 19.2 Å². The number of nitro benzene ring substituents is 1. The Morgan fingerprint density at radius 1 is 1.50 bits per heavy atom. The minimum atomic E-state index is -0.625. The average molecular weight is 383 g/mol. The van der Waals surface area contributed by atoms with E-state index in [-0.39, 0.29) is 12.3 Å². The van der Waals surface area contributed by atoms with Gasteiger partial charge in [0.1, 0.15) is 17.2 Å². The molecule has 0 aliphatic heterocycles. The molecule has 1 aromatic rings. The molecular formula is C10H9Br2NO5. The van der Waals surface area contributed by atoms with Crippen LogP contribution >= 0.6 is 31.9 Å². The standard InChI is InChI=1S/C10H9Br2NO5/c1-17-10(14)9(12)5-18-8-3-6(11)2-7(4-8)13(15)16/h2-4,9H,5H2,1H3. The second kappa shape index (κ2) is 6.69. The lowest BCUT2D eigenvalue weighted by atomic mass is 10.3. The quantitative estimate of drug-likeness (QED) is 0.338. The minimum Gasteiger partial charge on any atom is -0.491 e. The minimum absolute atomic E-state index is 0.0142. The third-order valence-corrected chi connectivity index (χ3v) is 3.02. The fourth-order valence-corrected chi connectivity index (χ4v) is 1.88. The molecule has 0 N–H and O–H groups in total. The zero-order valence-corrected chi connectivity index (χ0v) is 12.4. The number of esters is 1. The molecule has 0 aliphatic rings. The molecule has 1 rings (SSSR count). The van der Waals surface area contributed by atoms with Crippen molar-refractivity contribution in [3.05, 3.63) is 32.8 Å². The van der Waals surface area contributed by atoms with Crippen molar-refractivity contribution in [2.75, 3.05) is 13.7 Å². The number of rotatable bonds is 5. The summed E-state index contributed by atoms with van der Waals surface area (Å²) in [4.78, 5) is 20.6. The number of non-ortho nitro benzene ring substituents is 1. The Labute approximate surface area is 120 Å². The number of methoxy groups -OCH3 is 1. The van der Waals surface area contributed by atoms with Gasteiger partial charge in [0, 0.05) is 10.5 Å². The van der Waals surface area contributed by atoms with Crippen molar-refractivity contribution in [3.63, 3.8) is 0 Å². The molecule has 0 heterocycles. The zero-order valence-electron chi connectivity index (χ0n) is 9.26. The number of nitro groups is 1. The van der Waals surface area contributed by atoms with Crippen LogP contribution in [-0.2, 0) is 9.53 Å². The topological polar surface area (TPSA) is 78.7 Å². The molecule has 1 unspecified atom stereocenters. The molecule has 18 heavy (non-hydrogen) atoms. The van der Waals surface area contributed by atoms with Crippen LogP contribution in [-0.4, -0.2) is 29.4 Å². The van der Waals surface area contributed by atoms with Gasteiger partial charge < -0.3 is 9.47 Å². The molecule has 1 atom stereocenters. The van der Waals surface area contributed by atoms with Crippen molar-refractivity contribution in [1.82, 2.24) is 0 Å². The van der Waals surface area contributed by atoms with E-state index in [2.05, 4.69) is 36.6 Å². The highest BCUT2D eigenvalue weighted by molar-refractivity contribution is 9.10. The lowest BCUT2D eigenvalue weighted by molar-refractivity contribution is -0.385. The van der Waals surface area contributed by atoms with Crippen LogP contribution in [0.1, 0.15) is 0 Å². The van der Waals surface area contributed by atoms with Crippen molar-refractivity contribution in [1.29, 1.82) is 0 Å². The molecule has 0 radical (unpaired) electrons. The number of carbonyl (C=O) groups is 1. The first-order chi connectivity index (χ1) is 8.43. The molecule has 0 fully saturated rings. The third kappa shape index (κ3) is 4.26. The number of alkyl halides is 1. The lowest BCUT2D eigenvalue weighted by Gasteiger charge is -2.10. The normalized spacial score (nSPS) is 11.7. The molecule has 6 nitrogen and oxygen atoms in total. The number of ether oxygens (including phenoxy) is 2. The van der Waals surface area contributed by atoms with E-state index < -0.39 is 15.7 Å². The monoisotopic (exact) mass is 381 g/mol. The summed E-state index contributed by atoms with van der Waals surface area (Å²) in [6, 6.07) is 4.21. The first kappa shape index (κ1) is 14.9. The fourth-order valence-electron chi connectivity index (χ4n) is 1.10. The predicted octanol–water partition coefficient (Wildman–Crippen LogP) is 2.67. The van der Waals surface area contributed by atoms with Gasteiger partial charge >= 0.3 is 5.97 Å². The van der Waals surface area contributed by atoms with Crippen LogP contribution in [0.2, 0.25) is 0 Å². The number of hydrogen-bond acceptors (Lipinski definition) is 5. The van der Waals surface area contributed by atoms with Gasteiger partial charge in [0.2, 0.25) is 0 Å². The summed E-state index contributed by atoms with van der Waals surface area (Å²) in [6.45, 7) is 0.0142. The van der Waals surface area contributed by atoms with E-state index >= 15 is 0 Å². The predicted molar refractivity (Wildman–Crippen MR) is 71.0 cm³/mol. The molecule has 0 saturated heterocycles. The molecule has 0 bridgehead atoms. The average Bonchev–Trinajstić information content (AvgIpc) is 2.34. The molecule has 0 saturated carbocycles. The molecule has 0 aromatic heterocycles. The Kier molecular flexibility index (Phi) is 5.54. The van der Waals surface area contributed by atoms with Crippen LogP contribution in [0.25, 0.3) is 0 Å². The van der Waals surface area contributed by atoms with Crippen LogP contribution in [0.3, 0.4) is 0 Å². The number of nitrogens with zero attached hydrogens (tertiary/aromatic N) is 1. The highest BCUT2D eigenvalue weighted by Gasteiger charge is 2.17.